The van der Waals surface area contributed by atoms with Crippen molar-refractivity contribution in [2.24, 2.45) is 0 Å². The van der Waals surface area contributed by atoms with Gasteiger partial charge in [0.2, 0.25) is 0 Å². The summed E-state index contributed by atoms with van der Waals surface area (Å²) in [7, 11) is 1.71. The number of ether oxygens (including phenoxy) is 1. The van der Waals surface area contributed by atoms with E-state index in [4.69, 9.17) is 4.74 Å². The van der Waals surface area contributed by atoms with Crippen molar-refractivity contribution >= 4 is 23.3 Å². The zero-order valence-electron chi connectivity index (χ0n) is 13.2. The molecule has 1 N–H and O–H groups in total. The zero-order chi connectivity index (χ0) is 14.9. The number of fused-ring (bicyclic) bond motifs is 3. The Labute approximate surface area is 142 Å². The van der Waals surface area contributed by atoms with Crippen molar-refractivity contribution in [3.63, 3.8) is 0 Å². The van der Waals surface area contributed by atoms with E-state index in [0.717, 1.165) is 31.8 Å². The molecule has 0 saturated heterocycles. The van der Waals surface area contributed by atoms with Crippen LogP contribution in [0.4, 0.5) is 0 Å². The predicted octanol–water partition coefficient (Wildman–Crippen LogP) is 4.16. The Balaban J connectivity index is 0.00000156. The molecule has 0 bridgehead atoms. The number of aromatic nitrogens is 1. The van der Waals surface area contributed by atoms with Gasteiger partial charge in [-0.1, -0.05) is 30.3 Å². The van der Waals surface area contributed by atoms with Crippen molar-refractivity contribution < 1.29 is 4.74 Å². The molecule has 0 saturated carbocycles. The number of methoxy groups -OCH3 is 1. The first kappa shape index (κ1) is 15.9. The van der Waals surface area contributed by atoms with Crippen LogP contribution in [-0.2, 0) is 19.5 Å². The first-order valence-electron chi connectivity index (χ1n) is 7.77. The second-order valence-corrected chi connectivity index (χ2v) is 5.94. The fraction of sp³-hybridized carbons (Fsp3) is 0.263. The molecule has 2 aromatic carbocycles. The Morgan fingerprint density at radius 1 is 1.13 bits per heavy atom. The van der Waals surface area contributed by atoms with E-state index >= 15 is 0 Å². The molecular formula is C19H21ClN2O. The molecule has 0 amide bonds. The van der Waals surface area contributed by atoms with Crippen LogP contribution in [0.5, 0.6) is 5.75 Å². The monoisotopic (exact) mass is 328 g/mol. The predicted molar refractivity (Wildman–Crippen MR) is 96.4 cm³/mol. The van der Waals surface area contributed by atoms with Gasteiger partial charge in [-0.3, -0.25) is 4.90 Å². The smallest absolute Gasteiger partial charge is 0.120 e. The molecule has 1 aliphatic heterocycles. The number of H-pyrrole nitrogens is 1. The fourth-order valence-corrected chi connectivity index (χ4v) is 3.36. The highest BCUT2D eigenvalue weighted by Crippen LogP contribution is 2.30. The van der Waals surface area contributed by atoms with Gasteiger partial charge in [0, 0.05) is 48.7 Å². The molecule has 3 nitrogen and oxygen atoms in total. The van der Waals surface area contributed by atoms with Gasteiger partial charge in [-0.25, -0.2) is 0 Å². The fourth-order valence-electron chi connectivity index (χ4n) is 3.36. The highest BCUT2D eigenvalue weighted by molar-refractivity contribution is 5.86. The lowest BCUT2D eigenvalue weighted by Crippen LogP contribution is -2.29. The minimum absolute atomic E-state index is 0. The van der Waals surface area contributed by atoms with Crippen LogP contribution in [0.2, 0.25) is 0 Å². The van der Waals surface area contributed by atoms with Gasteiger partial charge < -0.3 is 9.72 Å². The van der Waals surface area contributed by atoms with Gasteiger partial charge in [-0.05, 0) is 23.3 Å². The third-order valence-electron chi connectivity index (χ3n) is 4.51. The number of rotatable bonds is 3. The summed E-state index contributed by atoms with van der Waals surface area (Å²) in [5.41, 5.74) is 5.39. The number of benzene rings is 2. The minimum Gasteiger partial charge on any atom is -0.497 e. The van der Waals surface area contributed by atoms with E-state index in [1.165, 1.54) is 27.7 Å². The van der Waals surface area contributed by atoms with Crippen LogP contribution >= 0.6 is 12.4 Å². The molecule has 3 aromatic rings. The van der Waals surface area contributed by atoms with Crippen LogP contribution in [0.3, 0.4) is 0 Å². The van der Waals surface area contributed by atoms with Crippen LogP contribution in [0, 0.1) is 0 Å². The molecule has 0 fully saturated rings. The number of hydrogen-bond donors (Lipinski definition) is 1. The molecular weight excluding hydrogens is 308 g/mol. The summed E-state index contributed by atoms with van der Waals surface area (Å²) in [4.78, 5) is 6.09. The average Bonchev–Trinajstić information content (AvgIpc) is 2.93. The van der Waals surface area contributed by atoms with E-state index < -0.39 is 0 Å². The van der Waals surface area contributed by atoms with Crippen molar-refractivity contribution in [2.45, 2.75) is 19.5 Å². The summed E-state index contributed by atoms with van der Waals surface area (Å²) >= 11 is 0. The third kappa shape index (κ3) is 3.07. The van der Waals surface area contributed by atoms with Crippen molar-refractivity contribution in [3.8, 4) is 5.75 Å². The first-order valence-corrected chi connectivity index (χ1v) is 7.77. The quantitative estimate of drug-likeness (QED) is 0.782. The maximum Gasteiger partial charge on any atom is 0.120 e. The molecule has 4 heteroatoms. The molecule has 1 aromatic heterocycles. The van der Waals surface area contributed by atoms with E-state index in [2.05, 4.69) is 52.3 Å². The van der Waals surface area contributed by atoms with Crippen LogP contribution in [0.15, 0.2) is 48.5 Å². The summed E-state index contributed by atoms with van der Waals surface area (Å²) in [6.07, 6.45) is 1.08. The van der Waals surface area contributed by atoms with Crippen LogP contribution in [-0.4, -0.2) is 23.5 Å². The molecule has 0 atom stereocenters. The molecule has 120 valence electrons. The molecule has 1 aliphatic rings. The molecule has 23 heavy (non-hydrogen) atoms. The van der Waals surface area contributed by atoms with Crippen molar-refractivity contribution in [1.29, 1.82) is 0 Å². The van der Waals surface area contributed by atoms with Gasteiger partial charge in [0.1, 0.15) is 5.75 Å². The topological polar surface area (TPSA) is 28.3 Å². The standard InChI is InChI=1S/C19H20N2O.ClH/c1-22-15-7-8-16-17-13-21(12-14-5-3-2-4-6-14)10-9-18(17)20-19(16)11-15;/h2-8,11,20H,9-10,12-13H2,1H3;1H. The Kier molecular flexibility index (Phi) is 4.60. The van der Waals surface area contributed by atoms with Crippen LogP contribution < -0.4 is 4.74 Å². The summed E-state index contributed by atoms with van der Waals surface area (Å²) in [6, 6.07) is 17.0. The van der Waals surface area contributed by atoms with Gasteiger partial charge in [0.25, 0.3) is 0 Å². The molecule has 2 heterocycles. The van der Waals surface area contributed by atoms with E-state index in [1.54, 1.807) is 7.11 Å². The Morgan fingerprint density at radius 2 is 1.96 bits per heavy atom. The summed E-state index contributed by atoms with van der Waals surface area (Å²) in [5.74, 6) is 0.909. The lowest BCUT2D eigenvalue weighted by Gasteiger charge is -2.27. The van der Waals surface area contributed by atoms with Crippen LogP contribution in [0.25, 0.3) is 10.9 Å². The second-order valence-electron chi connectivity index (χ2n) is 5.94. The van der Waals surface area contributed by atoms with Gasteiger partial charge in [-0.2, -0.15) is 0 Å². The lowest BCUT2D eigenvalue weighted by atomic mass is 10.0. The Morgan fingerprint density at radius 3 is 2.74 bits per heavy atom. The first-order chi connectivity index (χ1) is 10.8. The van der Waals surface area contributed by atoms with Gasteiger partial charge in [0.05, 0.1) is 7.11 Å². The maximum atomic E-state index is 5.32. The Bertz CT molecular complexity index is 798. The molecule has 0 unspecified atom stereocenters. The van der Waals surface area contributed by atoms with Gasteiger partial charge in [0.15, 0.2) is 0 Å². The number of nitrogens with zero attached hydrogens (tertiary/aromatic N) is 1. The lowest BCUT2D eigenvalue weighted by molar-refractivity contribution is 0.245. The minimum atomic E-state index is 0. The summed E-state index contributed by atoms with van der Waals surface area (Å²) in [5, 5.41) is 1.33. The van der Waals surface area contributed by atoms with Crippen molar-refractivity contribution in [2.75, 3.05) is 13.7 Å². The van der Waals surface area contributed by atoms with E-state index in [9.17, 15) is 0 Å². The average molecular weight is 329 g/mol. The number of halogens is 1. The van der Waals surface area contributed by atoms with E-state index in [0.29, 0.717) is 0 Å². The maximum absolute atomic E-state index is 5.32. The van der Waals surface area contributed by atoms with E-state index in [-0.39, 0.29) is 12.4 Å². The number of nitrogens with one attached hydrogen (secondary N) is 1. The summed E-state index contributed by atoms with van der Waals surface area (Å²) < 4.78 is 5.32. The number of hydrogen-bond acceptors (Lipinski definition) is 2. The molecule has 4 rings (SSSR count). The third-order valence-corrected chi connectivity index (χ3v) is 4.51. The molecule has 0 aliphatic carbocycles. The van der Waals surface area contributed by atoms with Crippen molar-refractivity contribution in [1.82, 2.24) is 9.88 Å². The van der Waals surface area contributed by atoms with Gasteiger partial charge in [-0.15, -0.1) is 12.4 Å². The highest BCUT2D eigenvalue weighted by Gasteiger charge is 2.20. The zero-order valence-corrected chi connectivity index (χ0v) is 14.0. The highest BCUT2D eigenvalue weighted by atomic mass is 35.5. The van der Waals surface area contributed by atoms with E-state index in [1.807, 2.05) is 6.07 Å². The number of aromatic amines is 1. The van der Waals surface area contributed by atoms with Crippen LogP contribution in [0.1, 0.15) is 16.8 Å². The normalized spacial score (nSPS) is 14.3. The summed E-state index contributed by atoms with van der Waals surface area (Å²) in [6.45, 7) is 3.13. The molecule has 0 radical (unpaired) electrons. The van der Waals surface area contributed by atoms with Crippen molar-refractivity contribution in [3.05, 3.63) is 65.4 Å². The second kappa shape index (κ2) is 6.65. The SMILES string of the molecule is COc1ccc2c3c([nH]c2c1)CCN(Cc1ccccc1)C3.Cl. The Hall–Kier alpha value is -1.97. The van der Waals surface area contributed by atoms with Gasteiger partial charge >= 0.3 is 0 Å². The largest absolute Gasteiger partial charge is 0.497 e. The molecule has 0 spiro atoms.